The summed E-state index contributed by atoms with van der Waals surface area (Å²) in [5.41, 5.74) is 0. The Morgan fingerprint density at radius 1 is 0.920 bits per heavy atom. The number of esters is 1. The van der Waals surface area contributed by atoms with E-state index in [1.165, 1.54) is 64.7 Å². The molecule has 0 fully saturated rings. The van der Waals surface area contributed by atoms with Crippen molar-refractivity contribution in [3.63, 3.8) is 0 Å². The first-order valence-corrected chi connectivity index (χ1v) is 13.0. The number of rotatable bonds is 17. The zero-order valence-corrected chi connectivity index (χ0v) is 18.3. The van der Waals surface area contributed by atoms with Crippen molar-refractivity contribution in [2.75, 3.05) is 6.61 Å². The number of ether oxygens (including phenoxy) is 1. The molecule has 0 bridgehead atoms. The van der Waals surface area contributed by atoms with Crippen molar-refractivity contribution in [2.45, 2.75) is 108 Å². The summed E-state index contributed by atoms with van der Waals surface area (Å²) in [4.78, 5) is 23.2. The molecule has 0 aliphatic rings. The first-order valence-electron chi connectivity index (χ1n) is 10.0. The number of hydrogen-bond acceptors (Lipinski definition) is 3. The molecule has 148 valence electrons. The monoisotopic (exact) mass is 421 g/mol. The van der Waals surface area contributed by atoms with E-state index in [2.05, 4.69) is 18.1 Å². The average Bonchev–Trinajstić information content (AvgIpc) is 2.59. The second-order valence-corrected chi connectivity index (χ2v) is 8.81. The third-order valence-electron chi connectivity index (χ3n) is 4.26. The molecule has 4 nitrogen and oxygen atoms in total. The van der Waals surface area contributed by atoms with Gasteiger partial charge in [-0.2, -0.15) is 0 Å². The molecule has 0 saturated heterocycles. The van der Waals surface area contributed by atoms with Crippen molar-refractivity contribution < 1.29 is 14.3 Å². The summed E-state index contributed by atoms with van der Waals surface area (Å²) in [6, 6.07) is -0.466. The van der Waals surface area contributed by atoms with Gasteiger partial charge < -0.3 is 0 Å². The number of hydrogen-bond donors (Lipinski definition) is 1. The Labute approximate surface area is 161 Å². The number of carbonyl (C=O) groups excluding carboxylic acids is 2. The molecule has 0 spiro atoms. The van der Waals surface area contributed by atoms with Crippen LogP contribution in [0.25, 0.3) is 0 Å². The van der Waals surface area contributed by atoms with Gasteiger partial charge in [0.05, 0.1) is 0 Å². The van der Waals surface area contributed by atoms with Crippen molar-refractivity contribution in [3.05, 3.63) is 0 Å². The second-order valence-electron chi connectivity index (χ2n) is 6.74. The minimum absolute atomic E-state index is 0.166. The Kier molecular flexibility index (Phi) is 17.9. The van der Waals surface area contributed by atoms with Crippen molar-refractivity contribution in [3.8, 4) is 0 Å². The summed E-state index contributed by atoms with van der Waals surface area (Å²) in [5, 5.41) is 3.68. The first-order chi connectivity index (χ1) is 12.1. The molecule has 0 heterocycles. The fraction of sp³-hybridized carbons (Fsp3) is 0.900. The molecule has 0 saturated carbocycles. The van der Waals surface area contributed by atoms with Crippen LogP contribution in [0.2, 0.25) is 11.1 Å². The third kappa shape index (κ3) is 16.7. The Bertz CT molecular complexity index is 337. The molecule has 5 heteroatoms. The molecule has 25 heavy (non-hydrogen) atoms. The van der Waals surface area contributed by atoms with Gasteiger partial charge >= 0.3 is 122 Å². The molecule has 0 aromatic heterocycles. The molecule has 0 rings (SSSR count). The van der Waals surface area contributed by atoms with E-state index in [9.17, 15) is 9.59 Å². The summed E-state index contributed by atoms with van der Waals surface area (Å²) >= 11 is 0.507. The zero-order valence-electron chi connectivity index (χ0n) is 16.6. The van der Waals surface area contributed by atoms with E-state index in [4.69, 9.17) is 4.74 Å². The molecule has 1 atom stereocenters. The van der Waals surface area contributed by atoms with Crippen LogP contribution in [0.3, 0.4) is 0 Å². The van der Waals surface area contributed by atoms with Crippen molar-refractivity contribution in [2.24, 2.45) is 0 Å². The fourth-order valence-electron chi connectivity index (χ4n) is 2.77. The number of nitrogens with one attached hydrogen (secondary N) is 1. The van der Waals surface area contributed by atoms with E-state index in [-0.39, 0.29) is 11.9 Å². The normalized spacial score (nSPS) is 12.0. The molecule has 0 aliphatic heterocycles. The van der Waals surface area contributed by atoms with Crippen LogP contribution in [-0.4, -0.2) is 39.5 Å². The van der Waals surface area contributed by atoms with Gasteiger partial charge in [-0.05, 0) is 0 Å². The van der Waals surface area contributed by atoms with Crippen LogP contribution < -0.4 is 5.32 Å². The molecule has 1 N–H and O–H groups in total. The summed E-state index contributed by atoms with van der Waals surface area (Å²) in [6.07, 6.45) is 14.8. The first kappa shape index (κ1) is 24.5. The van der Waals surface area contributed by atoms with E-state index in [0.29, 0.717) is 28.0 Å². The van der Waals surface area contributed by atoms with Crippen molar-refractivity contribution in [1.82, 2.24) is 5.32 Å². The topological polar surface area (TPSA) is 55.4 Å². The molecule has 0 aromatic carbocycles. The molecular weight excluding hydrogens is 381 g/mol. The Hall–Kier alpha value is -0.541. The standard InChI is InChI=1S/C20H39NO3Se/c1-4-5-6-7-8-9-10-11-12-13-14-16-24-20(23)19(15-17-25-3)21-18(2)22/h19H,4-17H2,1-3H3,(H,21,22). The SMILES string of the molecule is CCCCCCCCCCCCCOC(=O)C(CC[Se]C)NC(C)=O. The number of carbonyl (C=O) groups is 2. The van der Waals surface area contributed by atoms with Crippen LogP contribution in [0.4, 0.5) is 0 Å². The predicted octanol–water partition coefficient (Wildman–Crippen LogP) is 4.91. The zero-order chi connectivity index (χ0) is 18.8. The van der Waals surface area contributed by atoms with E-state index in [0.717, 1.165) is 18.2 Å². The fourth-order valence-corrected chi connectivity index (χ4v) is 3.76. The maximum atomic E-state index is 12.0. The maximum absolute atomic E-state index is 12.0. The van der Waals surface area contributed by atoms with Gasteiger partial charge in [0.2, 0.25) is 0 Å². The average molecular weight is 420 g/mol. The summed E-state index contributed by atoms with van der Waals surface area (Å²) in [6.45, 7) is 4.17. The van der Waals surface area contributed by atoms with E-state index >= 15 is 0 Å². The summed E-state index contributed by atoms with van der Waals surface area (Å²) in [5.74, 6) is 1.70. The van der Waals surface area contributed by atoms with Gasteiger partial charge in [0.1, 0.15) is 0 Å². The predicted molar refractivity (Wildman–Crippen MR) is 106 cm³/mol. The van der Waals surface area contributed by atoms with Crippen LogP contribution in [0.1, 0.15) is 90.9 Å². The van der Waals surface area contributed by atoms with Crippen LogP contribution in [0, 0.1) is 0 Å². The van der Waals surface area contributed by atoms with Crippen LogP contribution in [0.5, 0.6) is 0 Å². The van der Waals surface area contributed by atoms with E-state index in [1.54, 1.807) is 0 Å². The Morgan fingerprint density at radius 2 is 1.44 bits per heavy atom. The van der Waals surface area contributed by atoms with Gasteiger partial charge in [0.15, 0.2) is 0 Å². The van der Waals surface area contributed by atoms with Gasteiger partial charge in [-0.15, -0.1) is 0 Å². The van der Waals surface area contributed by atoms with E-state index in [1.807, 2.05) is 0 Å². The van der Waals surface area contributed by atoms with Gasteiger partial charge in [-0.3, -0.25) is 0 Å². The quantitative estimate of drug-likeness (QED) is 0.207. The molecule has 1 amide bonds. The summed E-state index contributed by atoms with van der Waals surface area (Å²) < 4.78 is 5.34. The van der Waals surface area contributed by atoms with E-state index < -0.39 is 6.04 Å². The van der Waals surface area contributed by atoms with Gasteiger partial charge in [-0.25, -0.2) is 0 Å². The second kappa shape index (κ2) is 18.3. The Balaban J connectivity index is 3.55. The van der Waals surface area contributed by atoms with Crippen LogP contribution in [-0.2, 0) is 14.3 Å². The van der Waals surface area contributed by atoms with Crippen molar-refractivity contribution in [1.29, 1.82) is 0 Å². The molecular formula is C20H39NO3Se. The van der Waals surface area contributed by atoms with Gasteiger partial charge in [-0.1, -0.05) is 39.0 Å². The summed E-state index contributed by atoms with van der Waals surface area (Å²) in [7, 11) is 0. The van der Waals surface area contributed by atoms with Crippen molar-refractivity contribution >= 4 is 26.8 Å². The Morgan fingerprint density at radius 3 is 1.92 bits per heavy atom. The molecule has 0 aliphatic carbocycles. The molecule has 1 unspecified atom stereocenters. The molecule has 0 radical (unpaired) electrons. The minimum atomic E-state index is -0.466. The number of amides is 1. The van der Waals surface area contributed by atoms with Crippen LogP contribution >= 0.6 is 0 Å². The van der Waals surface area contributed by atoms with Gasteiger partial charge in [0, 0.05) is 0 Å². The van der Waals surface area contributed by atoms with Gasteiger partial charge in [0.25, 0.3) is 0 Å². The third-order valence-corrected chi connectivity index (χ3v) is 5.62. The number of unbranched alkanes of at least 4 members (excludes halogenated alkanes) is 10. The van der Waals surface area contributed by atoms with Crippen LogP contribution in [0.15, 0.2) is 0 Å². The molecule has 0 aromatic rings.